The summed E-state index contributed by atoms with van der Waals surface area (Å²) >= 11 is 1.50. The summed E-state index contributed by atoms with van der Waals surface area (Å²) < 4.78 is 5.11. The number of amides is 1. The third-order valence-electron chi connectivity index (χ3n) is 2.52. The zero-order chi connectivity index (χ0) is 12.5. The second-order valence-electron chi connectivity index (χ2n) is 3.87. The molecule has 3 rings (SSSR count). The molecule has 0 saturated carbocycles. The van der Waals surface area contributed by atoms with Crippen LogP contribution in [0.3, 0.4) is 0 Å². The van der Waals surface area contributed by atoms with Gasteiger partial charge in [-0.2, -0.15) is 0 Å². The van der Waals surface area contributed by atoms with Crippen LogP contribution < -0.4 is 0 Å². The Kier molecular flexibility index (Phi) is 2.86. The predicted octanol–water partition coefficient (Wildman–Crippen LogP) is 1.15. The molecule has 0 aromatic carbocycles. The summed E-state index contributed by atoms with van der Waals surface area (Å²) in [5.41, 5.74) is 0.174. The summed E-state index contributed by atoms with van der Waals surface area (Å²) in [5, 5.41) is 16.0. The molecule has 0 aliphatic carbocycles. The molecule has 1 amide bonds. The molecule has 2 aromatic heterocycles. The molecule has 6 nitrogen and oxygen atoms in total. The first-order chi connectivity index (χ1) is 8.74. The normalized spacial score (nSPS) is 19.4. The molecule has 0 bridgehead atoms. The third kappa shape index (κ3) is 2.03. The van der Waals surface area contributed by atoms with Gasteiger partial charge in [0.15, 0.2) is 11.5 Å². The fraction of sp³-hybridized carbons (Fsp3) is 0.273. The topological polar surface area (TPSA) is 75.8 Å². The molecule has 1 unspecified atom stereocenters. The Bertz CT molecular complexity index is 551. The SMILES string of the molecule is O=C(c1cc(-c2cccs2)on1)N1CC(O)CO1. The lowest BCUT2D eigenvalue weighted by molar-refractivity contribution is -0.0784. The molecule has 0 radical (unpaired) electrons. The van der Waals surface area contributed by atoms with Gasteiger partial charge < -0.3 is 9.63 Å². The van der Waals surface area contributed by atoms with E-state index in [-0.39, 0.29) is 18.8 Å². The second kappa shape index (κ2) is 4.52. The van der Waals surface area contributed by atoms with Crippen LogP contribution in [0, 0.1) is 0 Å². The summed E-state index contributed by atoms with van der Waals surface area (Å²) in [6.07, 6.45) is -0.641. The van der Waals surface area contributed by atoms with Crippen molar-refractivity contribution in [3.8, 4) is 10.6 Å². The van der Waals surface area contributed by atoms with Crippen molar-refractivity contribution in [2.45, 2.75) is 6.10 Å². The van der Waals surface area contributed by atoms with Gasteiger partial charge >= 0.3 is 0 Å². The average molecular weight is 266 g/mol. The lowest BCUT2D eigenvalue weighted by Crippen LogP contribution is -2.28. The van der Waals surface area contributed by atoms with E-state index in [1.807, 2.05) is 17.5 Å². The van der Waals surface area contributed by atoms with Gasteiger partial charge in [-0.1, -0.05) is 11.2 Å². The van der Waals surface area contributed by atoms with Crippen LogP contribution >= 0.6 is 11.3 Å². The van der Waals surface area contributed by atoms with Crippen molar-refractivity contribution >= 4 is 17.2 Å². The molecule has 18 heavy (non-hydrogen) atoms. The summed E-state index contributed by atoms with van der Waals surface area (Å²) in [6.45, 7) is 0.279. The first-order valence-electron chi connectivity index (χ1n) is 5.37. The number of nitrogens with zero attached hydrogens (tertiary/aromatic N) is 2. The van der Waals surface area contributed by atoms with Gasteiger partial charge in [0.25, 0.3) is 5.91 Å². The van der Waals surface area contributed by atoms with E-state index in [0.29, 0.717) is 5.76 Å². The minimum Gasteiger partial charge on any atom is -0.389 e. The van der Waals surface area contributed by atoms with Gasteiger partial charge in [0.2, 0.25) is 0 Å². The van der Waals surface area contributed by atoms with Gasteiger partial charge in [0.05, 0.1) is 11.4 Å². The number of rotatable bonds is 2. The zero-order valence-corrected chi connectivity index (χ0v) is 10.1. The van der Waals surface area contributed by atoms with Crippen LogP contribution in [-0.4, -0.2) is 40.5 Å². The average Bonchev–Trinajstić information content (AvgIpc) is 3.09. The minimum absolute atomic E-state index is 0.126. The van der Waals surface area contributed by atoms with Crippen LogP contribution in [-0.2, 0) is 4.84 Å². The summed E-state index contributed by atoms with van der Waals surface area (Å²) in [5.74, 6) is 0.145. The zero-order valence-electron chi connectivity index (χ0n) is 9.28. The van der Waals surface area contributed by atoms with Crippen molar-refractivity contribution < 1.29 is 19.3 Å². The van der Waals surface area contributed by atoms with E-state index >= 15 is 0 Å². The van der Waals surface area contributed by atoms with E-state index in [1.54, 1.807) is 6.07 Å². The van der Waals surface area contributed by atoms with Crippen molar-refractivity contribution in [1.29, 1.82) is 0 Å². The number of aromatic nitrogens is 1. The van der Waals surface area contributed by atoms with E-state index in [4.69, 9.17) is 9.36 Å². The lowest BCUT2D eigenvalue weighted by Gasteiger charge is -2.10. The van der Waals surface area contributed by atoms with Crippen molar-refractivity contribution in [2.75, 3.05) is 13.2 Å². The summed E-state index contributed by atoms with van der Waals surface area (Å²) in [7, 11) is 0. The Morgan fingerprint density at radius 3 is 3.17 bits per heavy atom. The molecular weight excluding hydrogens is 256 g/mol. The summed E-state index contributed by atoms with van der Waals surface area (Å²) in [4.78, 5) is 17.9. The van der Waals surface area contributed by atoms with Crippen LogP contribution in [0.15, 0.2) is 28.1 Å². The smallest absolute Gasteiger partial charge is 0.299 e. The van der Waals surface area contributed by atoms with Gasteiger partial charge in [-0.25, -0.2) is 5.06 Å². The number of hydrogen-bond donors (Lipinski definition) is 1. The Hall–Kier alpha value is -1.70. The number of aliphatic hydroxyl groups is 1. The number of carbonyl (C=O) groups excluding carboxylic acids is 1. The Balaban J connectivity index is 1.79. The van der Waals surface area contributed by atoms with Gasteiger partial charge in [0, 0.05) is 6.07 Å². The van der Waals surface area contributed by atoms with Crippen LogP contribution in [0.1, 0.15) is 10.5 Å². The van der Waals surface area contributed by atoms with Crippen LogP contribution in [0.4, 0.5) is 0 Å². The van der Waals surface area contributed by atoms with Crippen molar-refractivity contribution in [3.05, 3.63) is 29.3 Å². The number of carbonyl (C=O) groups is 1. The third-order valence-corrected chi connectivity index (χ3v) is 3.40. The largest absolute Gasteiger partial charge is 0.389 e. The fourth-order valence-corrected chi connectivity index (χ4v) is 2.33. The lowest BCUT2D eigenvalue weighted by atomic mass is 10.3. The number of hydroxylamine groups is 2. The molecule has 3 heterocycles. The van der Waals surface area contributed by atoms with Crippen molar-refractivity contribution in [2.24, 2.45) is 0 Å². The molecular formula is C11H10N2O4S. The fourth-order valence-electron chi connectivity index (χ4n) is 1.65. The Morgan fingerprint density at radius 2 is 2.50 bits per heavy atom. The first kappa shape index (κ1) is 11.4. The maximum Gasteiger partial charge on any atom is 0.299 e. The minimum atomic E-state index is -0.641. The molecule has 1 fully saturated rings. The first-order valence-corrected chi connectivity index (χ1v) is 6.25. The molecule has 1 aliphatic rings. The Labute approximate surface area is 106 Å². The van der Waals surface area contributed by atoms with E-state index in [1.165, 1.54) is 11.3 Å². The number of thiophene rings is 1. The molecule has 94 valence electrons. The maximum atomic E-state index is 11.9. The highest BCUT2D eigenvalue weighted by molar-refractivity contribution is 7.13. The standard InChI is InChI=1S/C11H10N2O4S/c14-7-5-13(16-6-7)11(15)8-4-9(17-12-8)10-2-1-3-18-10/h1-4,7,14H,5-6H2. The van der Waals surface area contributed by atoms with Crippen molar-refractivity contribution in [1.82, 2.24) is 10.2 Å². The highest BCUT2D eigenvalue weighted by atomic mass is 32.1. The maximum absolute atomic E-state index is 11.9. The molecule has 1 atom stereocenters. The molecule has 2 aromatic rings. The van der Waals surface area contributed by atoms with Gasteiger partial charge in [-0.3, -0.25) is 9.63 Å². The molecule has 1 aliphatic heterocycles. The number of hydrogen-bond acceptors (Lipinski definition) is 6. The van der Waals surface area contributed by atoms with E-state index in [0.717, 1.165) is 9.94 Å². The summed E-state index contributed by atoms with van der Waals surface area (Å²) in [6, 6.07) is 5.35. The monoisotopic (exact) mass is 266 g/mol. The van der Waals surface area contributed by atoms with Crippen LogP contribution in [0.5, 0.6) is 0 Å². The highest BCUT2D eigenvalue weighted by Gasteiger charge is 2.29. The molecule has 1 saturated heterocycles. The van der Waals surface area contributed by atoms with Gasteiger partial charge in [-0.05, 0) is 11.4 Å². The van der Waals surface area contributed by atoms with E-state index in [9.17, 15) is 9.90 Å². The van der Waals surface area contributed by atoms with Crippen LogP contribution in [0.25, 0.3) is 10.6 Å². The van der Waals surface area contributed by atoms with Crippen molar-refractivity contribution in [3.63, 3.8) is 0 Å². The van der Waals surface area contributed by atoms with E-state index in [2.05, 4.69) is 5.16 Å². The van der Waals surface area contributed by atoms with E-state index < -0.39 is 12.0 Å². The molecule has 0 spiro atoms. The Morgan fingerprint density at radius 1 is 1.61 bits per heavy atom. The second-order valence-corrected chi connectivity index (χ2v) is 4.82. The quantitative estimate of drug-likeness (QED) is 0.882. The number of β-amino-alcohol motifs (C(OH)–C–C–N with tert-alkyl or cyclic N) is 1. The predicted molar refractivity (Wildman–Crippen MR) is 62.8 cm³/mol. The van der Waals surface area contributed by atoms with Gasteiger partial charge in [0.1, 0.15) is 12.7 Å². The van der Waals surface area contributed by atoms with Gasteiger partial charge in [-0.15, -0.1) is 11.3 Å². The molecule has 7 heteroatoms. The highest BCUT2D eigenvalue weighted by Crippen LogP contribution is 2.25. The molecule has 1 N–H and O–H groups in total. The van der Waals surface area contributed by atoms with Crippen LogP contribution in [0.2, 0.25) is 0 Å². The number of aliphatic hydroxyl groups excluding tert-OH is 1.